The lowest BCUT2D eigenvalue weighted by atomic mass is 9.71. The summed E-state index contributed by atoms with van der Waals surface area (Å²) in [4.78, 5) is 42.6. The summed E-state index contributed by atoms with van der Waals surface area (Å²) in [6.45, 7) is 0.526. The maximum Gasteiger partial charge on any atom is 0.271 e. The average molecular weight is 519 g/mol. The molecule has 12 heteroatoms. The number of aromatic amines is 1. The summed E-state index contributed by atoms with van der Waals surface area (Å²) in [5.41, 5.74) is -0.476. The van der Waals surface area contributed by atoms with Crippen LogP contribution in [-0.4, -0.2) is 58.2 Å². The molecule has 1 saturated carbocycles. The molecule has 0 radical (unpaired) electrons. The first-order valence-corrected chi connectivity index (χ1v) is 12.3. The van der Waals surface area contributed by atoms with Crippen LogP contribution >= 0.6 is 0 Å². The van der Waals surface area contributed by atoms with Crippen LogP contribution < -0.4 is 10.6 Å². The van der Waals surface area contributed by atoms with Gasteiger partial charge in [-0.1, -0.05) is 0 Å². The highest BCUT2D eigenvalue weighted by atomic mass is 19.3. The van der Waals surface area contributed by atoms with Crippen LogP contribution in [0.1, 0.15) is 49.0 Å². The van der Waals surface area contributed by atoms with Crippen molar-refractivity contribution in [2.45, 2.75) is 62.6 Å². The van der Waals surface area contributed by atoms with Crippen LogP contribution in [-0.2, 0) is 9.59 Å². The van der Waals surface area contributed by atoms with Gasteiger partial charge in [0.25, 0.3) is 11.8 Å². The van der Waals surface area contributed by atoms with Gasteiger partial charge in [-0.05, 0) is 50.3 Å². The largest absolute Gasteiger partial charge is 0.356 e. The molecule has 0 unspecified atom stereocenters. The van der Waals surface area contributed by atoms with Gasteiger partial charge in [0, 0.05) is 30.3 Å². The molecule has 4 aliphatic rings. The molecule has 5 atom stereocenters. The molecule has 1 aliphatic carbocycles. The Bertz CT molecular complexity index is 1270. The number of nitrogens with one attached hydrogen (secondary N) is 3. The van der Waals surface area contributed by atoms with Gasteiger partial charge in [-0.3, -0.25) is 14.4 Å². The van der Waals surface area contributed by atoms with Crippen LogP contribution in [0, 0.1) is 34.8 Å². The third-order valence-corrected chi connectivity index (χ3v) is 7.75. The molecule has 196 valence electrons. The van der Waals surface area contributed by atoms with E-state index >= 15 is 0 Å². The molecule has 1 aromatic carbocycles. The maximum atomic E-state index is 14.9. The molecule has 3 amide bonds. The minimum Gasteiger partial charge on any atom is -0.356 e. The van der Waals surface area contributed by atoms with Gasteiger partial charge in [-0.25, -0.2) is 17.6 Å². The fourth-order valence-electron chi connectivity index (χ4n) is 5.95. The first kappa shape index (κ1) is 25.0. The molecular weight excluding hydrogens is 494 g/mol. The van der Waals surface area contributed by atoms with E-state index in [1.807, 2.05) is 6.07 Å². The highest BCUT2D eigenvalue weighted by Crippen LogP contribution is 2.49. The van der Waals surface area contributed by atoms with Crippen LogP contribution in [0.5, 0.6) is 0 Å². The first-order valence-electron chi connectivity index (χ1n) is 12.3. The molecule has 3 aliphatic heterocycles. The molecule has 1 aromatic heterocycles. The Morgan fingerprint density at radius 3 is 2.65 bits per heavy atom. The van der Waals surface area contributed by atoms with Gasteiger partial charge in [0.15, 0.2) is 0 Å². The highest BCUT2D eigenvalue weighted by Gasteiger charge is 2.60. The van der Waals surface area contributed by atoms with Gasteiger partial charge in [0.2, 0.25) is 11.8 Å². The molecule has 3 saturated heterocycles. The van der Waals surface area contributed by atoms with Gasteiger partial charge in [-0.2, -0.15) is 5.26 Å². The van der Waals surface area contributed by atoms with Crippen LogP contribution in [0.3, 0.4) is 0 Å². The summed E-state index contributed by atoms with van der Waals surface area (Å²) < 4.78 is 58.3. The first-order chi connectivity index (χ1) is 17.6. The van der Waals surface area contributed by atoms with Gasteiger partial charge in [0.05, 0.1) is 17.5 Å². The van der Waals surface area contributed by atoms with Gasteiger partial charge in [0.1, 0.15) is 29.4 Å². The zero-order valence-electron chi connectivity index (χ0n) is 19.7. The van der Waals surface area contributed by atoms with Gasteiger partial charge < -0.3 is 20.5 Å². The number of piperidine rings is 3. The van der Waals surface area contributed by atoms with Crippen LogP contribution in [0.4, 0.5) is 17.6 Å². The molecule has 2 aromatic rings. The summed E-state index contributed by atoms with van der Waals surface area (Å²) in [6.07, 6.45) is 0.861. The van der Waals surface area contributed by atoms with Crippen molar-refractivity contribution in [2.75, 3.05) is 6.54 Å². The minimum atomic E-state index is -3.22. The van der Waals surface area contributed by atoms with E-state index in [9.17, 15) is 37.2 Å². The number of nitriles is 1. The zero-order valence-corrected chi connectivity index (χ0v) is 19.7. The summed E-state index contributed by atoms with van der Waals surface area (Å²) in [6, 6.07) is 1.14. The second kappa shape index (κ2) is 9.36. The monoisotopic (exact) mass is 519 g/mol. The number of carbonyl (C=O) groups is 3. The van der Waals surface area contributed by atoms with E-state index in [-0.39, 0.29) is 41.8 Å². The minimum absolute atomic E-state index is 0.00224. The number of amides is 3. The number of rotatable bonds is 5. The van der Waals surface area contributed by atoms with E-state index in [2.05, 4.69) is 15.6 Å². The molecule has 8 nitrogen and oxygen atoms in total. The Kier molecular flexibility index (Phi) is 6.33. The van der Waals surface area contributed by atoms with Crippen molar-refractivity contribution in [1.29, 1.82) is 5.26 Å². The second-order valence-electron chi connectivity index (χ2n) is 10.0. The number of H-pyrrole nitrogens is 1. The van der Waals surface area contributed by atoms with Crippen LogP contribution in [0.2, 0.25) is 0 Å². The molecule has 6 rings (SSSR count). The number of benzene rings is 1. The van der Waals surface area contributed by atoms with Crippen molar-refractivity contribution in [3.63, 3.8) is 0 Å². The number of hydrogen-bond acceptors (Lipinski definition) is 4. The van der Waals surface area contributed by atoms with E-state index in [1.165, 1.54) is 0 Å². The molecule has 4 heterocycles. The standard InChI is InChI=1S/C25H25F4N5O3/c26-17-5-6-18(27)20-15(17)9-19(33-20)24(37)34-14-3-4-16(25(28,29)10-14)21(34)23(36)32-13(11-30)8-12-2-1-7-31-22(12)35/h5-6,9,12-14,16,21,33H,1-4,7-8,10H2,(H,31,35)(H,32,36)/t12-,13-,14-,16-,21-/m0/s1. The Balaban J connectivity index is 1.43. The molecule has 3 N–H and O–H groups in total. The van der Waals surface area contributed by atoms with Crippen molar-refractivity contribution < 1.29 is 31.9 Å². The Hall–Kier alpha value is -3.62. The summed E-state index contributed by atoms with van der Waals surface area (Å²) in [7, 11) is 0. The number of fused-ring (bicyclic) bond motifs is 4. The normalized spacial score (nSPS) is 27.4. The lowest BCUT2D eigenvalue weighted by molar-refractivity contribution is -0.179. The van der Waals surface area contributed by atoms with Crippen molar-refractivity contribution in [1.82, 2.24) is 20.5 Å². The lowest BCUT2D eigenvalue weighted by Gasteiger charge is -2.53. The van der Waals surface area contributed by atoms with E-state index in [4.69, 9.17) is 0 Å². The molecule has 0 spiro atoms. The SMILES string of the molecule is N#C[C@H](C[C@@H]1CCCNC1=O)NC(=O)[C@@H]1[C@@H]2CC[C@@H](CC2(F)F)N1C(=O)c1cc2c(F)ccc(F)c2[nH]1. The lowest BCUT2D eigenvalue weighted by Crippen LogP contribution is -2.68. The molecule has 2 bridgehead atoms. The Morgan fingerprint density at radius 1 is 1.22 bits per heavy atom. The summed E-state index contributed by atoms with van der Waals surface area (Å²) in [5, 5.41) is 14.6. The zero-order chi connectivity index (χ0) is 26.5. The molecular formula is C25H25F4N5O3. The second-order valence-corrected chi connectivity index (χ2v) is 10.0. The van der Waals surface area contributed by atoms with E-state index < -0.39 is 65.8 Å². The number of nitrogens with zero attached hydrogens (tertiary/aromatic N) is 2. The van der Waals surface area contributed by atoms with Crippen LogP contribution in [0.25, 0.3) is 10.9 Å². The quantitative estimate of drug-likeness (QED) is 0.527. The number of carbonyl (C=O) groups excluding carboxylic acids is 3. The van der Waals surface area contributed by atoms with E-state index in [0.717, 1.165) is 29.5 Å². The smallest absolute Gasteiger partial charge is 0.271 e. The van der Waals surface area contributed by atoms with E-state index in [1.54, 1.807) is 0 Å². The number of aromatic nitrogens is 1. The maximum absolute atomic E-state index is 14.9. The Morgan fingerprint density at radius 2 is 1.97 bits per heavy atom. The van der Waals surface area contributed by atoms with E-state index in [0.29, 0.717) is 13.0 Å². The molecule has 4 fully saturated rings. The number of alkyl halides is 2. The third kappa shape index (κ3) is 4.40. The van der Waals surface area contributed by atoms with Gasteiger partial charge in [-0.15, -0.1) is 0 Å². The molecule has 37 heavy (non-hydrogen) atoms. The summed E-state index contributed by atoms with van der Waals surface area (Å²) >= 11 is 0. The van der Waals surface area contributed by atoms with Crippen molar-refractivity contribution in [3.05, 3.63) is 35.5 Å². The predicted molar refractivity (Wildman–Crippen MR) is 122 cm³/mol. The average Bonchev–Trinajstić information content (AvgIpc) is 3.33. The van der Waals surface area contributed by atoms with Gasteiger partial charge >= 0.3 is 0 Å². The highest BCUT2D eigenvalue weighted by molar-refractivity contribution is 6.01. The number of halogens is 4. The van der Waals surface area contributed by atoms with Crippen LogP contribution in [0.15, 0.2) is 18.2 Å². The predicted octanol–water partition coefficient (Wildman–Crippen LogP) is 3.00. The summed E-state index contributed by atoms with van der Waals surface area (Å²) in [5.74, 6) is -8.76. The topological polar surface area (TPSA) is 118 Å². The number of hydrogen-bond donors (Lipinski definition) is 3. The van der Waals surface area contributed by atoms with Crippen molar-refractivity contribution in [3.8, 4) is 6.07 Å². The Labute approximate surface area is 209 Å². The fourth-order valence-corrected chi connectivity index (χ4v) is 5.95. The fraction of sp³-hybridized carbons (Fsp3) is 0.520. The van der Waals surface area contributed by atoms with Crippen molar-refractivity contribution >= 4 is 28.6 Å². The van der Waals surface area contributed by atoms with Crippen molar-refractivity contribution in [2.24, 2.45) is 11.8 Å². The third-order valence-electron chi connectivity index (χ3n) is 7.75.